The maximum absolute atomic E-state index is 13.6. The summed E-state index contributed by atoms with van der Waals surface area (Å²) in [6, 6.07) is 10.7. The molecule has 212 valence electrons. The second kappa shape index (κ2) is 13.2. The lowest BCUT2D eigenvalue weighted by Gasteiger charge is -2.38. The molecule has 0 saturated carbocycles. The van der Waals surface area contributed by atoms with Crippen molar-refractivity contribution in [3.63, 3.8) is 0 Å². The van der Waals surface area contributed by atoms with Gasteiger partial charge in [0.1, 0.15) is 17.6 Å². The van der Waals surface area contributed by atoms with E-state index >= 15 is 0 Å². The highest BCUT2D eigenvalue weighted by molar-refractivity contribution is 5.99. The molecule has 0 aromatic heterocycles. The van der Waals surface area contributed by atoms with Crippen molar-refractivity contribution in [1.29, 1.82) is 0 Å². The van der Waals surface area contributed by atoms with Gasteiger partial charge in [0.05, 0.1) is 31.9 Å². The number of aliphatic hydroxyl groups is 1. The Morgan fingerprint density at radius 3 is 2.41 bits per heavy atom. The predicted octanol–water partition coefficient (Wildman–Crippen LogP) is 3.61. The van der Waals surface area contributed by atoms with E-state index in [-0.39, 0.29) is 48.6 Å². The third-order valence-electron chi connectivity index (χ3n) is 6.48. The molecule has 0 saturated heterocycles. The van der Waals surface area contributed by atoms with Crippen LogP contribution in [0.25, 0.3) is 0 Å². The summed E-state index contributed by atoms with van der Waals surface area (Å²) in [5.74, 6) is 0.551. The fourth-order valence-corrected chi connectivity index (χ4v) is 4.19. The van der Waals surface area contributed by atoms with Crippen LogP contribution in [0.15, 0.2) is 42.5 Å². The van der Waals surface area contributed by atoms with Crippen molar-refractivity contribution in [1.82, 2.24) is 15.1 Å². The third kappa shape index (κ3) is 7.76. The minimum Gasteiger partial charge on any atom is -0.497 e. The summed E-state index contributed by atoms with van der Waals surface area (Å²) >= 11 is 0. The molecule has 4 N–H and O–H groups in total. The molecule has 1 aliphatic heterocycles. The zero-order valence-corrected chi connectivity index (χ0v) is 23.4. The number of likely N-dealkylation sites (N-methyl/N-ethyl adjacent to an activating group) is 1. The molecule has 2 aromatic rings. The number of carbonyl (C=O) groups excluding carboxylic acids is 3. The van der Waals surface area contributed by atoms with Crippen LogP contribution >= 0.6 is 0 Å². The topological polar surface area (TPSA) is 132 Å². The first-order chi connectivity index (χ1) is 18.5. The number of ether oxygens (including phenoxy) is 2. The molecule has 0 fully saturated rings. The van der Waals surface area contributed by atoms with Crippen LogP contribution in [0.3, 0.4) is 0 Å². The number of anilines is 2. The Bertz CT molecular complexity index is 1160. The number of methoxy groups -OCH3 is 1. The minimum absolute atomic E-state index is 0.0543. The van der Waals surface area contributed by atoms with Gasteiger partial charge in [-0.15, -0.1) is 0 Å². The van der Waals surface area contributed by atoms with E-state index in [0.717, 1.165) is 0 Å². The summed E-state index contributed by atoms with van der Waals surface area (Å²) < 4.78 is 11.5. The Morgan fingerprint density at radius 1 is 1.13 bits per heavy atom. The lowest BCUT2D eigenvalue weighted by atomic mass is 9.99. The number of aliphatic hydroxyl groups excluding tert-OH is 1. The number of urea groups is 2. The van der Waals surface area contributed by atoms with E-state index in [0.29, 0.717) is 29.4 Å². The van der Waals surface area contributed by atoms with Crippen LogP contribution in [0.2, 0.25) is 0 Å². The van der Waals surface area contributed by atoms with Crippen molar-refractivity contribution >= 4 is 29.3 Å². The number of carbonyl (C=O) groups is 3. The molecule has 0 unspecified atom stereocenters. The predicted molar refractivity (Wildman–Crippen MR) is 150 cm³/mol. The summed E-state index contributed by atoms with van der Waals surface area (Å²) in [5.41, 5.74) is 1.32. The molecular weight excluding hydrogens is 502 g/mol. The number of amides is 5. The summed E-state index contributed by atoms with van der Waals surface area (Å²) in [6.45, 7) is 7.76. The molecule has 0 aliphatic carbocycles. The fraction of sp³-hybridized carbons (Fsp3) is 0.464. The Balaban J connectivity index is 1.83. The number of rotatable bonds is 8. The molecule has 2 aromatic carbocycles. The minimum atomic E-state index is -0.458. The Kier molecular flexibility index (Phi) is 10.00. The summed E-state index contributed by atoms with van der Waals surface area (Å²) in [7, 11) is 3.25. The molecule has 11 nitrogen and oxygen atoms in total. The summed E-state index contributed by atoms with van der Waals surface area (Å²) in [4.78, 5) is 41.8. The number of hydrogen-bond donors (Lipinski definition) is 4. The van der Waals surface area contributed by atoms with Crippen molar-refractivity contribution < 1.29 is 29.0 Å². The molecule has 39 heavy (non-hydrogen) atoms. The highest BCUT2D eigenvalue weighted by atomic mass is 16.5. The van der Waals surface area contributed by atoms with Gasteiger partial charge in [0.15, 0.2) is 0 Å². The van der Waals surface area contributed by atoms with Gasteiger partial charge in [0.2, 0.25) is 0 Å². The van der Waals surface area contributed by atoms with Crippen LogP contribution in [0.5, 0.6) is 11.5 Å². The zero-order chi connectivity index (χ0) is 28.7. The normalized spacial score (nSPS) is 17.7. The van der Waals surface area contributed by atoms with E-state index in [2.05, 4.69) is 16.0 Å². The van der Waals surface area contributed by atoms with E-state index in [1.807, 2.05) is 20.8 Å². The average Bonchev–Trinajstić information content (AvgIpc) is 2.90. The van der Waals surface area contributed by atoms with Gasteiger partial charge in [-0.3, -0.25) is 4.79 Å². The van der Waals surface area contributed by atoms with Crippen LogP contribution in [0, 0.1) is 5.92 Å². The van der Waals surface area contributed by atoms with Gasteiger partial charge >= 0.3 is 12.1 Å². The maximum atomic E-state index is 13.6. The molecule has 3 atom stereocenters. The maximum Gasteiger partial charge on any atom is 0.321 e. The van der Waals surface area contributed by atoms with Crippen LogP contribution in [0.4, 0.5) is 21.0 Å². The number of benzene rings is 2. The second-order valence-corrected chi connectivity index (χ2v) is 10.1. The molecule has 0 radical (unpaired) electrons. The molecule has 1 heterocycles. The standard InChI is InChI=1S/C28H39N5O6/c1-17(2)29-27(36)30-21-9-12-24-23(13-21)26(35)33(19(4)16-34)14-18(3)25(39-24)15-32(5)28(37)31-20-7-10-22(38-6)11-8-20/h7-13,17-19,25,34H,14-16H2,1-6H3,(H,31,37)(H2,29,30,36)/t18-,19-,25+/m0/s1. The summed E-state index contributed by atoms with van der Waals surface area (Å²) in [6.07, 6.45) is -0.458. The first kappa shape index (κ1) is 29.6. The molecular formula is C28H39N5O6. The highest BCUT2D eigenvalue weighted by Gasteiger charge is 2.34. The third-order valence-corrected chi connectivity index (χ3v) is 6.48. The molecule has 11 heteroatoms. The molecule has 5 amide bonds. The van der Waals surface area contributed by atoms with Crippen molar-refractivity contribution in [2.24, 2.45) is 5.92 Å². The van der Waals surface area contributed by atoms with E-state index in [9.17, 15) is 19.5 Å². The van der Waals surface area contributed by atoms with E-state index < -0.39 is 12.1 Å². The number of fused-ring (bicyclic) bond motifs is 1. The van der Waals surface area contributed by atoms with Crippen LogP contribution in [0.1, 0.15) is 38.1 Å². The van der Waals surface area contributed by atoms with Gasteiger partial charge in [0.25, 0.3) is 5.91 Å². The quantitative estimate of drug-likeness (QED) is 0.404. The van der Waals surface area contributed by atoms with E-state index in [1.165, 1.54) is 4.90 Å². The number of nitrogens with one attached hydrogen (secondary N) is 3. The molecule has 1 aliphatic rings. The van der Waals surface area contributed by atoms with Crippen LogP contribution in [-0.4, -0.2) is 84.9 Å². The van der Waals surface area contributed by atoms with E-state index in [1.54, 1.807) is 68.4 Å². The SMILES string of the molecule is COc1ccc(NC(=O)N(C)C[C@H]2Oc3ccc(NC(=O)NC(C)C)cc3C(=O)N([C@@H](C)CO)C[C@@H]2C)cc1. The number of nitrogens with zero attached hydrogens (tertiary/aromatic N) is 2. The Morgan fingerprint density at radius 2 is 1.79 bits per heavy atom. The molecule has 0 bridgehead atoms. The van der Waals surface area contributed by atoms with Crippen molar-refractivity contribution in [2.75, 3.05) is 44.5 Å². The van der Waals surface area contributed by atoms with Gasteiger partial charge in [-0.2, -0.15) is 0 Å². The van der Waals surface area contributed by atoms with Gasteiger partial charge in [0, 0.05) is 36.9 Å². The van der Waals surface area contributed by atoms with Gasteiger partial charge < -0.3 is 40.3 Å². The van der Waals surface area contributed by atoms with Gasteiger partial charge in [-0.05, 0) is 63.2 Å². The van der Waals surface area contributed by atoms with Crippen molar-refractivity contribution in [3.8, 4) is 11.5 Å². The highest BCUT2D eigenvalue weighted by Crippen LogP contribution is 2.31. The van der Waals surface area contributed by atoms with E-state index in [4.69, 9.17) is 9.47 Å². The smallest absolute Gasteiger partial charge is 0.321 e. The molecule has 0 spiro atoms. The second-order valence-electron chi connectivity index (χ2n) is 10.1. The summed E-state index contributed by atoms with van der Waals surface area (Å²) in [5, 5.41) is 18.2. The Hall–Kier alpha value is -3.99. The molecule has 3 rings (SSSR count). The zero-order valence-electron chi connectivity index (χ0n) is 23.4. The van der Waals surface area contributed by atoms with Crippen LogP contribution < -0.4 is 25.4 Å². The fourth-order valence-electron chi connectivity index (χ4n) is 4.19. The van der Waals surface area contributed by atoms with Crippen molar-refractivity contribution in [2.45, 2.75) is 45.9 Å². The van der Waals surface area contributed by atoms with Gasteiger partial charge in [-0.25, -0.2) is 9.59 Å². The monoisotopic (exact) mass is 541 g/mol. The first-order valence-electron chi connectivity index (χ1n) is 13.0. The van der Waals surface area contributed by atoms with Crippen molar-refractivity contribution in [3.05, 3.63) is 48.0 Å². The Labute approximate surface area is 229 Å². The number of hydrogen-bond acceptors (Lipinski definition) is 6. The first-order valence-corrected chi connectivity index (χ1v) is 13.0. The lowest BCUT2D eigenvalue weighted by molar-refractivity contribution is 0.0371. The lowest BCUT2D eigenvalue weighted by Crippen LogP contribution is -2.50. The average molecular weight is 542 g/mol. The van der Waals surface area contributed by atoms with Crippen LogP contribution in [-0.2, 0) is 0 Å². The largest absolute Gasteiger partial charge is 0.497 e. The van der Waals surface area contributed by atoms with Gasteiger partial charge in [-0.1, -0.05) is 6.92 Å².